The quantitative estimate of drug-likeness (QED) is 0.206. The van der Waals surface area contributed by atoms with Crippen LogP contribution in [0.4, 0.5) is 0 Å². The van der Waals surface area contributed by atoms with Gasteiger partial charge in [-0.2, -0.15) is 0 Å². The average molecular weight is 501 g/mol. The van der Waals surface area contributed by atoms with Crippen molar-refractivity contribution in [2.24, 2.45) is 0 Å². The van der Waals surface area contributed by atoms with E-state index in [0.717, 1.165) is 22.6 Å². The van der Waals surface area contributed by atoms with Gasteiger partial charge in [0.2, 0.25) is 0 Å². The number of para-hydroxylation sites is 1. The number of benzene rings is 3. The van der Waals surface area contributed by atoms with Gasteiger partial charge in [-0.15, -0.1) is 0 Å². The first kappa shape index (κ1) is 25.5. The van der Waals surface area contributed by atoms with E-state index in [4.69, 9.17) is 9.47 Å². The van der Waals surface area contributed by atoms with Crippen molar-refractivity contribution in [3.63, 3.8) is 0 Å². The highest BCUT2D eigenvalue weighted by atomic mass is 32.2. The van der Waals surface area contributed by atoms with Crippen molar-refractivity contribution in [3.8, 4) is 5.75 Å². The molecule has 0 aliphatic heterocycles. The third kappa shape index (κ3) is 6.33. The summed E-state index contributed by atoms with van der Waals surface area (Å²) < 4.78 is 10.5. The molecule has 184 valence electrons. The summed E-state index contributed by atoms with van der Waals surface area (Å²) in [6.45, 7) is 0.525. The number of aliphatic hydroxyl groups is 1. The predicted octanol–water partition coefficient (Wildman–Crippen LogP) is 6.10. The van der Waals surface area contributed by atoms with Crippen molar-refractivity contribution in [3.05, 3.63) is 113 Å². The number of hydrogen-bond donors (Lipinski definition) is 1. The second-order valence-corrected chi connectivity index (χ2v) is 9.58. The minimum atomic E-state index is -1.39. The summed E-state index contributed by atoms with van der Waals surface area (Å²) in [5.41, 5.74) is 0.0820. The van der Waals surface area contributed by atoms with E-state index in [1.165, 1.54) is 18.9 Å². The number of unbranched alkanes of at least 4 members (excludes halogenated alkanes) is 1. The standard InChI is InChI=1S/C30H28O5S/c1-34-29(32)23-16-14-22(15-17-23)20-26-28(31)27(36-25-12-6-3-7-13-25)21-30(26,33)18-8-9-19-35-24-10-4-2-5-11-24/h2-7,10-17,20-21,33H,8-9,18-19H2,1H3/b26-20-. The molecule has 0 radical (unpaired) electrons. The lowest BCUT2D eigenvalue weighted by Gasteiger charge is -2.22. The Kier molecular flexibility index (Phi) is 8.41. The van der Waals surface area contributed by atoms with Crippen LogP contribution in [0.5, 0.6) is 5.75 Å². The lowest BCUT2D eigenvalue weighted by Crippen LogP contribution is -2.28. The highest BCUT2D eigenvalue weighted by molar-refractivity contribution is 8.04. The van der Waals surface area contributed by atoms with E-state index in [1.54, 1.807) is 36.4 Å². The van der Waals surface area contributed by atoms with Gasteiger partial charge in [0.1, 0.15) is 11.4 Å². The number of Topliss-reactive ketones (excluding diaryl/α,β-unsaturated/α-hetero) is 1. The summed E-state index contributed by atoms with van der Waals surface area (Å²) in [6.07, 6.45) is 5.19. The molecule has 1 unspecified atom stereocenters. The number of rotatable bonds is 10. The highest BCUT2D eigenvalue weighted by Crippen LogP contribution is 2.42. The molecule has 0 aromatic heterocycles. The van der Waals surface area contributed by atoms with Crippen molar-refractivity contribution in [2.75, 3.05) is 13.7 Å². The smallest absolute Gasteiger partial charge is 0.337 e. The number of carbonyl (C=O) groups is 2. The molecule has 0 spiro atoms. The number of methoxy groups -OCH3 is 1. The molecule has 0 saturated carbocycles. The molecule has 0 heterocycles. The van der Waals surface area contributed by atoms with Crippen LogP contribution in [0.15, 0.2) is 106 Å². The fraction of sp³-hybridized carbons (Fsp3) is 0.200. The third-order valence-electron chi connectivity index (χ3n) is 5.88. The fourth-order valence-corrected chi connectivity index (χ4v) is 4.99. The third-order valence-corrected chi connectivity index (χ3v) is 6.91. The average Bonchev–Trinajstić information content (AvgIpc) is 3.14. The van der Waals surface area contributed by atoms with Crippen LogP contribution in [0.2, 0.25) is 0 Å². The van der Waals surface area contributed by atoms with Crippen molar-refractivity contribution in [1.29, 1.82) is 0 Å². The van der Waals surface area contributed by atoms with Crippen molar-refractivity contribution in [1.82, 2.24) is 0 Å². The molecule has 0 amide bonds. The van der Waals surface area contributed by atoms with Gasteiger partial charge in [-0.25, -0.2) is 4.79 Å². The molecule has 5 nitrogen and oxygen atoms in total. The zero-order valence-corrected chi connectivity index (χ0v) is 20.9. The van der Waals surface area contributed by atoms with Crippen LogP contribution < -0.4 is 4.74 Å². The fourth-order valence-electron chi connectivity index (χ4n) is 3.98. The number of thioether (sulfide) groups is 1. The van der Waals surface area contributed by atoms with Gasteiger partial charge in [0, 0.05) is 10.5 Å². The van der Waals surface area contributed by atoms with Crippen LogP contribution >= 0.6 is 11.8 Å². The molecule has 1 aliphatic rings. The van der Waals surface area contributed by atoms with Crippen LogP contribution in [-0.4, -0.2) is 36.2 Å². The second-order valence-electron chi connectivity index (χ2n) is 8.47. The summed E-state index contributed by atoms with van der Waals surface area (Å²) in [5.74, 6) is 0.192. The van der Waals surface area contributed by atoms with Gasteiger partial charge in [-0.1, -0.05) is 60.3 Å². The molecular weight excluding hydrogens is 472 g/mol. The first-order valence-electron chi connectivity index (χ1n) is 11.8. The molecule has 0 saturated heterocycles. The summed E-state index contributed by atoms with van der Waals surface area (Å²) in [6, 6.07) is 26.0. The Morgan fingerprint density at radius 3 is 2.28 bits per heavy atom. The number of carbonyl (C=O) groups excluding carboxylic acids is 2. The maximum Gasteiger partial charge on any atom is 0.337 e. The van der Waals surface area contributed by atoms with Crippen molar-refractivity contribution >= 4 is 29.6 Å². The Hall–Kier alpha value is -3.61. The molecule has 0 fully saturated rings. The first-order valence-corrected chi connectivity index (χ1v) is 12.6. The minimum absolute atomic E-state index is 0.191. The topological polar surface area (TPSA) is 72.8 Å². The monoisotopic (exact) mass is 500 g/mol. The summed E-state index contributed by atoms with van der Waals surface area (Å²) in [7, 11) is 1.33. The Labute approximate surface area is 215 Å². The molecule has 1 atom stereocenters. The second kappa shape index (κ2) is 11.9. The first-order chi connectivity index (χ1) is 17.5. The van der Waals surface area contributed by atoms with Crippen LogP contribution in [0.1, 0.15) is 35.2 Å². The van der Waals surface area contributed by atoms with Gasteiger partial charge in [-0.05, 0) is 73.4 Å². The zero-order chi connectivity index (χ0) is 25.4. The number of allylic oxidation sites excluding steroid dienone is 1. The van der Waals surface area contributed by atoms with Crippen LogP contribution in [0, 0.1) is 0 Å². The van der Waals surface area contributed by atoms with E-state index in [9.17, 15) is 14.7 Å². The van der Waals surface area contributed by atoms with Gasteiger partial charge in [0.25, 0.3) is 0 Å². The Bertz CT molecular complexity index is 1250. The molecule has 1 aliphatic carbocycles. The maximum absolute atomic E-state index is 13.4. The Balaban J connectivity index is 1.51. The van der Waals surface area contributed by atoms with Gasteiger partial charge in [-0.3, -0.25) is 4.79 Å². The van der Waals surface area contributed by atoms with E-state index >= 15 is 0 Å². The van der Waals surface area contributed by atoms with E-state index < -0.39 is 11.6 Å². The zero-order valence-electron chi connectivity index (χ0n) is 20.1. The van der Waals surface area contributed by atoms with Crippen LogP contribution in [0.3, 0.4) is 0 Å². The van der Waals surface area contributed by atoms with Gasteiger partial charge < -0.3 is 14.6 Å². The number of ketones is 1. The lowest BCUT2D eigenvalue weighted by atomic mass is 9.89. The van der Waals surface area contributed by atoms with E-state index in [0.29, 0.717) is 35.5 Å². The predicted molar refractivity (Wildman–Crippen MR) is 142 cm³/mol. The molecular formula is C30H28O5S. The number of esters is 1. The van der Waals surface area contributed by atoms with E-state index in [1.807, 2.05) is 60.7 Å². The van der Waals surface area contributed by atoms with Gasteiger partial charge in [0.05, 0.1) is 24.2 Å². The SMILES string of the molecule is COC(=O)c1ccc(/C=C2/C(=O)C(Sc3ccccc3)=CC2(O)CCCCOc2ccccc2)cc1. The van der Waals surface area contributed by atoms with Crippen LogP contribution in [0.25, 0.3) is 6.08 Å². The molecule has 4 rings (SSSR count). The molecule has 1 N–H and O–H groups in total. The van der Waals surface area contributed by atoms with Crippen molar-refractivity contribution in [2.45, 2.75) is 29.8 Å². The largest absolute Gasteiger partial charge is 0.494 e. The van der Waals surface area contributed by atoms with Crippen LogP contribution in [-0.2, 0) is 9.53 Å². The van der Waals surface area contributed by atoms with Gasteiger partial charge in [0.15, 0.2) is 5.78 Å². The molecule has 0 bridgehead atoms. The summed E-state index contributed by atoms with van der Waals surface area (Å²) in [4.78, 5) is 26.6. The van der Waals surface area contributed by atoms with Gasteiger partial charge >= 0.3 is 5.97 Å². The number of ether oxygens (including phenoxy) is 2. The van der Waals surface area contributed by atoms with E-state index in [-0.39, 0.29) is 5.78 Å². The minimum Gasteiger partial charge on any atom is -0.494 e. The molecule has 3 aromatic rings. The van der Waals surface area contributed by atoms with Crippen molar-refractivity contribution < 1.29 is 24.2 Å². The Morgan fingerprint density at radius 2 is 1.61 bits per heavy atom. The molecule has 6 heteroatoms. The highest BCUT2D eigenvalue weighted by Gasteiger charge is 2.41. The summed E-state index contributed by atoms with van der Waals surface area (Å²) in [5, 5.41) is 11.6. The number of hydrogen-bond acceptors (Lipinski definition) is 6. The summed E-state index contributed by atoms with van der Waals surface area (Å²) >= 11 is 1.35. The normalized spacial score (nSPS) is 18.2. The lowest BCUT2D eigenvalue weighted by molar-refractivity contribution is -0.112. The van der Waals surface area contributed by atoms with E-state index in [2.05, 4.69) is 0 Å². The molecule has 36 heavy (non-hydrogen) atoms. The maximum atomic E-state index is 13.4. The Morgan fingerprint density at radius 1 is 0.944 bits per heavy atom. The molecule has 3 aromatic carbocycles.